The van der Waals surface area contributed by atoms with Gasteiger partial charge in [0.2, 0.25) is 0 Å². The number of hydrogen-bond acceptors (Lipinski definition) is 4. The summed E-state index contributed by atoms with van der Waals surface area (Å²) < 4.78 is 71.2. The zero-order chi connectivity index (χ0) is 16.9. The molecular formula is C11H25F3O4SSi2. The first-order valence-corrected chi connectivity index (χ1v) is 13.4. The van der Waals surface area contributed by atoms with Gasteiger partial charge < -0.3 is 4.12 Å². The van der Waals surface area contributed by atoms with Gasteiger partial charge in [0.05, 0.1) is 0 Å². The van der Waals surface area contributed by atoms with Crippen molar-refractivity contribution in [2.24, 2.45) is 0 Å². The van der Waals surface area contributed by atoms with Gasteiger partial charge in [-0.25, -0.2) is 0 Å². The summed E-state index contributed by atoms with van der Waals surface area (Å²) in [5.41, 5.74) is -5.41. The minimum absolute atomic E-state index is 0.174. The van der Waals surface area contributed by atoms with Gasteiger partial charge in [-0.2, -0.15) is 21.6 Å². The maximum absolute atomic E-state index is 12.6. The van der Waals surface area contributed by atoms with Crippen molar-refractivity contribution in [1.82, 2.24) is 0 Å². The van der Waals surface area contributed by atoms with Crippen molar-refractivity contribution < 1.29 is 29.6 Å². The fourth-order valence-electron chi connectivity index (χ4n) is 2.14. The topological polar surface area (TPSA) is 52.6 Å². The normalized spacial score (nSPS) is 14.5. The van der Waals surface area contributed by atoms with Gasteiger partial charge in [-0.3, -0.25) is 3.87 Å². The fraction of sp³-hybridized carbons (Fsp3) is 1.00. The fourth-order valence-corrected chi connectivity index (χ4v) is 13.5. The van der Waals surface area contributed by atoms with Gasteiger partial charge >= 0.3 is 24.2 Å². The third-order valence-electron chi connectivity index (χ3n) is 3.96. The Morgan fingerprint density at radius 3 is 1.48 bits per heavy atom. The van der Waals surface area contributed by atoms with Crippen LogP contribution in [0, 0.1) is 0 Å². The van der Waals surface area contributed by atoms with Crippen molar-refractivity contribution in [1.29, 1.82) is 0 Å². The third kappa shape index (κ3) is 5.05. The first-order valence-electron chi connectivity index (χ1n) is 7.19. The second-order valence-electron chi connectivity index (χ2n) is 4.95. The Labute approximate surface area is 127 Å². The lowest BCUT2D eigenvalue weighted by Crippen LogP contribution is -2.54. The van der Waals surface area contributed by atoms with Crippen molar-refractivity contribution in [2.75, 3.05) is 0 Å². The lowest BCUT2D eigenvalue weighted by molar-refractivity contribution is -0.0510. The molecule has 0 fully saturated rings. The molecule has 0 saturated carbocycles. The molecule has 4 nitrogen and oxygen atoms in total. The Morgan fingerprint density at radius 1 is 0.857 bits per heavy atom. The Morgan fingerprint density at radius 2 is 1.24 bits per heavy atom. The predicted octanol–water partition coefficient (Wildman–Crippen LogP) is 4.36. The SMILES string of the molecule is CC[Si](CC)(CC)O[Si](CC)(CC)OS(=O)(=O)C(F)(F)F. The van der Waals surface area contributed by atoms with Gasteiger partial charge in [-0.15, -0.1) is 0 Å². The molecule has 0 spiro atoms. The first kappa shape index (κ1) is 21.1. The van der Waals surface area contributed by atoms with E-state index in [4.69, 9.17) is 4.12 Å². The van der Waals surface area contributed by atoms with E-state index in [2.05, 4.69) is 3.87 Å². The smallest absolute Gasteiger partial charge is 0.435 e. The molecule has 10 heteroatoms. The molecule has 0 atom stereocenters. The second kappa shape index (κ2) is 7.58. The summed E-state index contributed by atoms with van der Waals surface area (Å²) in [6.45, 7) is 9.05. The molecule has 0 N–H and O–H groups in total. The average Bonchev–Trinajstić information content (AvgIpc) is 2.42. The molecular weight excluding hydrogens is 341 g/mol. The summed E-state index contributed by atoms with van der Waals surface area (Å²) in [5.74, 6) is 0. The molecule has 0 aliphatic heterocycles. The summed E-state index contributed by atoms with van der Waals surface area (Å²) in [4.78, 5) is 0. The van der Waals surface area contributed by atoms with Gasteiger partial charge in [0.1, 0.15) is 0 Å². The van der Waals surface area contributed by atoms with E-state index in [1.54, 1.807) is 13.8 Å². The Kier molecular flexibility index (Phi) is 7.61. The Balaban J connectivity index is 5.56. The molecule has 0 bridgehead atoms. The lowest BCUT2D eigenvalue weighted by Gasteiger charge is -2.39. The highest BCUT2D eigenvalue weighted by Crippen LogP contribution is 2.35. The maximum atomic E-state index is 12.6. The molecule has 0 aromatic carbocycles. The molecule has 0 aliphatic rings. The standard InChI is InChI=1S/C11H25F3O4SSi2/c1-6-20(7-2,8-3)18-21(9-4,10-5)17-19(15,16)11(12,13)14/h6-10H2,1-5H3. The van der Waals surface area contributed by atoms with Crippen LogP contribution in [0.4, 0.5) is 13.2 Å². The number of alkyl halides is 3. The average molecular weight is 367 g/mol. The summed E-state index contributed by atoms with van der Waals surface area (Å²) in [6, 6.07) is 2.53. The van der Waals surface area contributed by atoms with Crippen LogP contribution in [0.5, 0.6) is 0 Å². The third-order valence-corrected chi connectivity index (χ3v) is 15.9. The molecule has 0 unspecified atom stereocenters. The highest BCUT2D eigenvalue weighted by atomic mass is 32.2. The van der Waals surface area contributed by atoms with Gasteiger partial charge in [-0.05, 0) is 30.2 Å². The first-order chi connectivity index (χ1) is 9.47. The predicted molar refractivity (Wildman–Crippen MR) is 81.1 cm³/mol. The van der Waals surface area contributed by atoms with Crippen LogP contribution < -0.4 is 0 Å². The quantitative estimate of drug-likeness (QED) is 0.449. The van der Waals surface area contributed by atoms with Crippen molar-refractivity contribution in [2.45, 2.75) is 70.3 Å². The molecule has 0 heterocycles. The van der Waals surface area contributed by atoms with E-state index in [0.717, 1.165) is 18.1 Å². The second-order valence-corrected chi connectivity index (χ2v) is 15.5. The molecule has 21 heavy (non-hydrogen) atoms. The van der Waals surface area contributed by atoms with E-state index < -0.39 is 32.5 Å². The van der Waals surface area contributed by atoms with E-state index in [0.29, 0.717) is 0 Å². The summed E-state index contributed by atoms with van der Waals surface area (Å²) in [5, 5.41) is 0. The molecule has 0 aliphatic carbocycles. The van der Waals surface area contributed by atoms with E-state index >= 15 is 0 Å². The van der Waals surface area contributed by atoms with Crippen LogP contribution in [-0.4, -0.2) is 30.8 Å². The summed E-state index contributed by atoms with van der Waals surface area (Å²) in [7, 11) is -11.3. The van der Waals surface area contributed by atoms with Gasteiger partial charge in [0, 0.05) is 0 Å². The minimum atomic E-state index is -5.62. The molecule has 0 aromatic rings. The van der Waals surface area contributed by atoms with E-state index in [-0.39, 0.29) is 12.1 Å². The van der Waals surface area contributed by atoms with Gasteiger partial charge in [-0.1, -0.05) is 34.6 Å². The van der Waals surface area contributed by atoms with Crippen molar-refractivity contribution >= 4 is 27.0 Å². The molecule has 0 rings (SSSR count). The van der Waals surface area contributed by atoms with Crippen LogP contribution in [0.25, 0.3) is 0 Å². The molecule has 0 aromatic heterocycles. The van der Waals surface area contributed by atoms with Crippen LogP contribution >= 0.6 is 0 Å². The number of hydrogen-bond donors (Lipinski definition) is 0. The van der Waals surface area contributed by atoms with Crippen LogP contribution in [-0.2, 0) is 18.1 Å². The zero-order valence-corrected chi connectivity index (χ0v) is 16.0. The highest BCUT2D eigenvalue weighted by Gasteiger charge is 2.54. The highest BCUT2D eigenvalue weighted by molar-refractivity contribution is 7.88. The molecule has 0 saturated heterocycles. The zero-order valence-electron chi connectivity index (χ0n) is 13.2. The van der Waals surface area contributed by atoms with Crippen LogP contribution in [0.3, 0.4) is 0 Å². The van der Waals surface area contributed by atoms with Crippen LogP contribution in [0.15, 0.2) is 0 Å². The van der Waals surface area contributed by atoms with Crippen LogP contribution in [0.2, 0.25) is 30.2 Å². The lowest BCUT2D eigenvalue weighted by atomic mass is 10.9. The van der Waals surface area contributed by atoms with Crippen molar-refractivity contribution in [3.63, 3.8) is 0 Å². The monoisotopic (exact) mass is 366 g/mol. The largest absolute Gasteiger partial charge is 0.522 e. The van der Waals surface area contributed by atoms with Crippen molar-refractivity contribution in [3.05, 3.63) is 0 Å². The van der Waals surface area contributed by atoms with Gasteiger partial charge in [0.15, 0.2) is 8.32 Å². The van der Waals surface area contributed by atoms with Crippen molar-refractivity contribution in [3.8, 4) is 0 Å². The van der Waals surface area contributed by atoms with E-state index in [9.17, 15) is 21.6 Å². The molecule has 0 radical (unpaired) electrons. The Bertz CT molecular complexity index is 409. The number of halogens is 3. The van der Waals surface area contributed by atoms with Gasteiger partial charge in [0.25, 0.3) is 0 Å². The Hall–Kier alpha value is 0.0938. The van der Waals surface area contributed by atoms with E-state index in [1.165, 1.54) is 0 Å². The van der Waals surface area contributed by atoms with Crippen LogP contribution in [0.1, 0.15) is 34.6 Å². The maximum Gasteiger partial charge on any atom is 0.522 e. The number of rotatable bonds is 9. The summed E-state index contributed by atoms with van der Waals surface area (Å²) >= 11 is 0. The van der Waals surface area contributed by atoms with E-state index in [1.807, 2.05) is 20.8 Å². The molecule has 0 amide bonds. The summed E-state index contributed by atoms with van der Waals surface area (Å²) in [6.07, 6.45) is 0. The molecule has 128 valence electrons. The minimum Gasteiger partial charge on any atom is -0.435 e.